The molecule has 21 heavy (non-hydrogen) atoms. The van der Waals surface area contributed by atoms with Crippen molar-refractivity contribution in [3.05, 3.63) is 35.4 Å². The van der Waals surface area contributed by atoms with Crippen molar-refractivity contribution < 1.29 is 14.3 Å². The minimum atomic E-state index is -0.783. The smallest absolute Gasteiger partial charge is 0.249 e. The summed E-state index contributed by atoms with van der Waals surface area (Å²) in [6.45, 7) is 0.564. The van der Waals surface area contributed by atoms with Gasteiger partial charge in [-0.2, -0.15) is 5.26 Å². The number of benzene rings is 1. The van der Waals surface area contributed by atoms with Crippen LogP contribution in [0.1, 0.15) is 24.0 Å². The zero-order valence-electron chi connectivity index (χ0n) is 11.5. The highest BCUT2D eigenvalue weighted by Gasteiger charge is 2.27. The number of ether oxygens (including phenoxy) is 1. The molecule has 1 saturated heterocycles. The number of amides is 2. The van der Waals surface area contributed by atoms with Crippen LogP contribution in [0.25, 0.3) is 0 Å². The Bertz CT molecular complexity index is 557. The molecule has 2 rings (SSSR count). The van der Waals surface area contributed by atoms with Crippen molar-refractivity contribution in [1.82, 2.24) is 5.32 Å². The van der Waals surface area contributed by atoms with E-state index in [2.05, 4.69) is 5.32 Å². The van der Waals surface area contributed by atoms with Crippen molar-refractivity contribution in [2.75, 3.05) is 6.61 Å². The fourth-order valence-corrected chi connectivity index (χ4v) is 2.22. The van der Waals surface area contributed by atoms with E-state index >= 15 is 0 Å². The Hall–Kier alpha value is -2.39. The van der Waals surface area contributed by atoms with Gasteiger partial charge in [-0.25, -0.2) is 0 Å². The van der Waals surface area contributed by atoms with Gasteiger partial charge in [0.25, 0.3) is 0 Å². The molecule has 2 atom stereocenters. The molecule has 1 aromatic rings. The predicted molar refractivity (Wildman–Crippen MR) is 75.0 cm³/mol. The van der Waals surface area contributed by atoms with Gasteiger partial charge in [0.05, 0.1) is 11.6 Å². The van der Waals surface area contributed by atoms with E-state index in [0.29, 0.717) is 25.0 Å². The van der Waals surface area contributed by atoms with Crippen LogP contribution in [-0.2, 0) is 20.7 Å². The molecule has 0 radical (unpaired) electrons. The molecule has 1 fully saturated rings. The topological polar surface area (TPSA) is 105 Å². The van der Waals surface area contributed by atoms with Crippen molar-refractivity contribution in [3.8, 4) is 6.07 Å². The normalized spacial score (nSPS) is 18.7. The average molecular weight is 287 g/mol. The summed E-state index contributed by atoms with van der Waals surface area (Å²) in [5.74, 6) is -0.893. The molecule has 6 heteroatoms. The Labute approximate surface area is 122 Å². The average Bonchev–Trinajstić information content (AvgIpc) is 3.01. The van der Waals surface area contributed by atoms with Gasteiger partial charge in [0, 0.05) is 13.0 Å². The summed E-state index contributed by atoms with van der Waals surface area (Å²) >= 11 is 0. The van der Waals surface area contributed by atoms with Gasteiger partial charge in [0.1, 0.15) is 12.1 Å². The molecule has 110 valence electrons. The first kappa shape index (κ1) is 15.0. The highest BCUT2D eigenvalue weighted by molar-refractivity contribution is 5.88. The first-order chi connectivity index (χ1) is 10.1. The Morgan fingerprint density at radius 2 is 2.14 bits per heavy atom. The third-order valence-corrected chi connectivity index (χ3v) is 3.40. The monoisotopic (exact) mass is 287 g/mol. The Kier molecular flexibility index (Phi) is 4.90. The molecular weight excluding hydrogens is 270 g/mol. The van der Waals surface area contributed by atoms with Crippen LogP contribution < -0.4 is 11.1 Å². The zero-order chi connectivity index (χ0) is 15.2. The second kappa shape index (κ2) is 6.86. The molecule has 6 nitrogen and oxygen atoms in total. The largest absolute Gasteiger partial charge is 0.368 e. The molecule has 1 aromatic carbocycles. The third-order valence-electron chi connectivity index (χ3n) is 3.40. The van der Waals surface area contributed by atoms with Gasteiger partial charge in [-0.3, -0.25) is 9.59 Å². The molecule has 1 aliphatic rings. The van der Waals surface area contributed by atoms with E-state index in [4.69, 9.17) is 15.7 Å². The van der Waals surface area contributed by atoms with E-state index in [1.807, 2.05) is 6.07 Å². The number of primary amides is 1. The number of carbonyl (C=O) groups excluding carboxylic acids is 2. The number of nitrogens with two attached hydrogens (primary N) is 1. The van der Waals surface area contributed by atoms with Gasteiger partial charge in [0.15, 0.2) is 0 Å². The van der Waals surface area contributed by atoms with Gasteiger partial charge in [-0.05, 0) is 30.5 Å². The molecule has 0 aromatic heterocycles. The van der Waals surface area contributed by atoms with Crippen molar-refractivity contribution in [3.63, 3.8) is 0 Å². The maximum absolute atomic E-state index is 12.0. The Morgan fingerprint density at radius 3 is 2.67 bits per heavy atom. The van der Waals surface area contributed by atoms with E-state index in [0.717, 1.165) is 12.0 Å². The zero-order valence-corrected chi connectivity index (χ0v) is 11.5. The van der Waals surface area contributed by atoms with Crippen LogP contribution in [0.4, 0.5) is 0 Å². The minimum Gasteiger partial charge on any atom is -0.368 e. The lowest BCUT2D eigenvalue weighted by atomic mass is 10.0. The summed E-state index contributed by atoms with van der Waals surface area (Å²) in [7, 11) is 0. The molecule has 2 amide bonds. The molecule has 1 heterocycles. The molecular formula is C15H17N3O3. The highest BCUT2D eigenvalue weighted by atomic mass is 16.5. The van der Waals surface area contributed by atoms with E-state index < -0.39 is 18.1 Å². The summed E-state index contributed by atoms with van der Waals surface area (Å²) in [6.07, 6.45) is 1.30. The van der Waals surface area contributed by atoms with Crippen LogP contribution in [0, 0.1) is 11.3 Å². The molecule has 0 bridgehead atoms. The Morgan fingerprint density at radius 1 is 1.43 bits per heavy atom. The van der Waals surface area contributed by atoms with Crippen molar-refractivity contribution in [1.29, 1.82) is 5.26 Å². The summed E-state index contributed by atoms with van der Waals surface area (Å²) in [5.41, 5.74) is 6.70. The minimum absolute atomic E-state index is 0.291. The summed E-state index contributed by atoms with van der Waals surface area (Å²) in [6, 6.07) is 8.05. The van der Waals surface area contributed by atoms with Gasteiger partial charge in [-0.1, -0.05) is 12.1 Å². The molecule has 0 unspecified atom stereocenters. The number of rotatable bonds is 5. The standard InChI is InChI=1S/C15H17N3O3/c16-9-11-5-3-10(4-6-11)8-12(14(17)19)18-15(20)13-2-1-7-21-13/h3-6,12-13H,1-2,7-8H2,(H2,17,19)(H,18,20)/t12-,13+/m1/s1. The van der Waals surface area contributed by atoms with Crippen molar-refractivity contribution in [2.45, 2.75) is 31.4 Å². The van der Waals surface area contributed by atoms with Crippen LogP contribution in [0.3, 0.4) is 0 Å². The number of hydrogen-bond acceptors (Lipinski definition) is 4. The fourth-order valence-electron chi connectivity index (χ4n) is 2.22. The van der Waals surface area contributed by atoms with E-state index in [1.165, 1.54) is 0 Å². The van der Waals surface area contributed by atoms with Gasteiger partial charge < -0.3 is 15.8 Å². The van der Waals surface area contributed by atoms with Gasteiger partial charge >= 0.3 is 0 Å². The quantitative estimate of drug-likeness (QED) is 0.809. The van der Waals surface area contributed by atoms with Gasteiger partial charge in [-0.15, -0.1) is 0 Å². The van der Waals surface area contributed by atoms with Crippen molar-refractivity contribution in [2.24, 2.45) is 5.73 Å². The molecule has 1 aliphatic heterocycles. The van der Waals surface area contributed by atoms with E-state index in [-0.39, 0.29) is 5.91 Å². The van der Waals surface area contributed by atoms with Crippen LogP contribution in [0.15, 0.2) is 24.3 Å². The lowest BCUT2D eigenvalue weighted by Gasteiger charge is -2.18. The molecule has 0 spiro atoms. The molecule has 0 saturated carbocycles. The van der Waals surface area contributed by atoms with Crippen LogP contribution in [0.2, 0.25) is 0 Å². The van der Waals surface area contributed by atoms with Gasteiger partial charge in [0.2, 0.25) is 11.8 Å². The number of nitrogens with one attached hydrogen (secondary N) is 1. The van der Waals surface area contributed by atoms with E-state index in [1.54, 1.807) is 24.3 Å². The second-order valence-electron chi connectivity index (χ2n) is 4.98. The first-order valence-corrected chi connectivity index (χ1v) is 6.80. The maximum Gasteiger partial charge on any atom is 0.249 e. The third kappa shape index (κ3) is 4.04. The lowest BCUT2D eigenvalue weighted by Crippen LogP contribution is -2.49. The van der Waals surface area contributed by atoms with Crippen molar-refractivity contribution >= 4 is 11.8 Å². The summed E-state index contributed by atoms with van der Waals surface area (Å²) in [5, 5.41) is 11.4. The molecule has 3 N–H and O–H groups in total. The van der Waals surface area contributed by atoms with Crippen LogP contribution >= 0.6 is 0 Å². The van der Waals surface area contributed by atoms with Crippen LogP contribution in [-0.4, -0.2) is 30.6 Å². The predicted octanol–water partition coefficient (Wildman–Crippen LogP) is 0.250. The van der Waals surface area contributed by atoms with Crippen LogP contribution in [0.5, 0.6) is 0 Å². The summed E-state index contributed by atoms with van der Waals surface area (Å²) in [4.78, 5) is 23.5. The lowest BCUT2D eigenvalue weighted by molar-refractivity contribution is -0.133. The Balaban J connectivity index is 1.99. The number of hydrogen-bond donors (Lipinski definition) is 2. The number of carbonyl (C=O) groups is 2. The first-order valence-electron chi connectivity index (χ1n) is 6.80. The number of nitrogens with zero attached hydrogens (tertiary/aromatic N) is 1. The number of nitriles is 1. The SMILES string of the molecule is N#Cc1ccc(C[C@@H](NC(=O)[C@@H]2CCCO2)C(N)=O)cc1. The molecule has 0 aliphatic carbocycles. The second-order valence-corrected chi connectivity index (χ2v) is 4.98. The maximum atomic E-state index is 12.0. The highest BCUT2D eigenvalue weighted by Crippen LogP contribution is 2.13. The summed E-state index contributed by atoms with van der Waals surface area (Å²) < 4.78 is 5.28. The van der Waals surface area contributed by atoms with E-state index in [9.17, 15) is 9.59 Å². The fraction of sp³-hybridized carbons (Fsp3) is 0.400.